The van der Waals surface area contributed by atoms with Crippen LogP contribution in [0.15, 0.2) is 53.0 Å². The van der Waals surface area contributed by atoms with E-state index in [1.165, 1.54) is 4.90 Å². The highest BCUT2D eigenvalue weighted by Gasteiger charge is 2.24. The van der Waals surface area contributed by atoms with Crippen LogP contribution in [0.2, 0.25) is 0 Å². The molecule has 1 aliphatic heterocycles. The van der Waals surface area contributed by atoms with Crippen molar-refractivity contribution < 1.29 is 14.3 Å². The van der Waals surface area contributed by atoms with E-state index >= 15 is 0 Å². The van der Waals surface area contributed by atoms with Crippen LogP contribution in [0.4, 0.5) is 5.69 Å². The number of para-hydroxylation sites is 1. The molecule has 2 amide bonds. The Morgan fingerprint density at radius 1 is 1.12 bits per heavy atom. The summed E-state index contributed by atoms with van der Waals surface area (Å²) in [5, 5.41) is 3.05. The number of carbonyl (C=O) groups excluding carboxylic acids is 2. The first-order valence-electron chi connectivity index (χ1n) is 11.1. The van der Waals surface area contributed by atoms with Crippen molar-refractivity contribution in [3.05, 3.63) is 58.6 Å². The summed E-state index contributed by atoms with van der Waals surface area (Å²) in [5.41, 5.74) is 1.16. The van der Waals surface area contributed by atoms with E-state index in [2.05, 4.69) is 40.0 Å². The van der Waals surface area contributed by atoms with Crippen LogP contribution in [0.1, 0.15) is 37.0 Å². The van der Waals surface area contributed by atoms with Gasteiger partial charge < -0.3 is 15.0 Å². The molecule has 0 aromatic heterocycles. The number of rotatable bonds is 8. The molecular weight excluding hydrogens is 470 g/mol. The zero-order valence-corrected chi connectivity index (χ0v) is 20.6. The molecule has 1 saturated heterocycles. The summed E-state index contributed by atoms with van der Waals surface area (Å²) < 4.78 is 5.95. The first-order chi connectivity index (χ1) is 15.4. The number of nitrogens with zero attached hydrogens (tertiary/aromatic N) is 2. The van der Waals surface area contributed by atoms with Crippen molar-refractivity contribution in [2.45, 2.75) is 32.7 Å². The van der Waals surface area contributed by atoms with E-state index in [0.717, 1.165) is 30.4 Å². The molecule has 0 atom stereocenters. The molecule has 3 rings (SSSR count). The van der Waals surface area contributed by atoms with Gasteiger partial charge in [-0.2, -0.15) is 0 Å². The third kappa shape index (κ3) is 6.33. The molecule has 7 heteroatoms. The predicted octanol–water partition coefficient (Wildman–Crippen LogP) is 4.34. The Bertz CT molecular complexity index is 909. The number of carbonyl (C=O) groups is 2. The van der Waals surface area contributed by atoms with Gasteiger partial charge in [-0.25, -0.2) is 0 Å². The molecular formula is C25H32BrN3O3. The summed E-state index contributed by atoms with van der Waals surface area (Å²) in [4.78, 5) is 30.1. The number of hydrogen-bond donors (Lipinski definition) is 1. The van der Waals surface area contributed by atoms with Crippen LogP contribution in [0.5, 0.6) is 5.75 Å². The molecule has 32 heavy (non-hydrogen) atoms. The summed E-state index contributed by atoms with van der Waals surface area (Å²) in [6.45, 7) is 7.18. The van der Waals surface area contributed by atoms with E-state index in [-0.39, 0.29) is 18.4 Å². The van der Waals surface area contributed by atoms with Gasteiger partial charge >= 0.3 is 0 Å². The Kier molecular flexibility index (Phi) is 8.70. The topological polar surface area (TPSA) is 61.9 Å². The van der Waals surface area contributed by atoms with Gasteiger partial charge in [-0.3, -0.25) is 14.5 Å². The Balaban J connectivity index is 1.67. The van der Waals surface area contributed by atoms with Crippen LogP contribution < -0.4 is 15.0 Å². The third-order valence-electron chi connectivity index (χ3n) is 5.99. The number of methoxy groups -OCH3 is 1. The molecule has 2 aromatic carbocycles. The molecule has 6 nitrogen and oxygen atoms in total. The lowest BCUT2D eigenvalue weighted by molar-refractivity contribution is -0.120. The summed E-state index contributed by atoms with van der Waals surface area (Å²) >= 11 is 3.52. The molecule has 0 bridgehead atoms. The maximum absolute atomic E-state index is 13.3. The van der Waals surface area contributed by atoms with Crippen molar-refractivity contribution >= 4 is 33.4 Å². The first kappa shape index (κ1) is 24.3. The van der Waals surface area contributed by atoms with Crippen molar-refractivity contribution in [3.63, 3.8) is 0 Å². The number of anilines is 1. The normalized spacial score (nSPS) is 14.9. The van der Waals surface area contributed by atoms with E-state index in [1.54, 1.807) is 31.4 Å². The fraction of sp³-hybridized carbons (Fsp3) is 0.440. The Morgan fingerprint density at radius 2 is 1.78 bits per heavy atom. The van der Waals surface area contributed by atoms with Crippen LogP contribution in [-0.4, -0.2) is 56.0 Å². The first-order valence-corrected chi connectivity index (χ1v) is 11.9. The molecule has 172 valence electrons. The molecule has 0 unspecified atom stereocenters. The second kappa shape index (κ2) is 11.5. The zero-order valence-electron chi connectivity index (χ0n) is 19.0. The fourth-order valence-electron chi connectivity index (χ4n) is 3.96. The van der Waals surface area contributed by atoms with E-state index in [9.17, 15) is 9.59 Å². The van der Waals surface area contributed by atoms with Crippen molar-refractivity contribution in [3.8, 4) is 5.75 Å². The van der Waals surface area contributed by atoms with Crippen LogP contribution in [0, 0.1) is 5.92 Å². The smallest absolute Gasteiger partial charge is 0.258 e. The van der Waals surface area contributed by atoms with Gasteiger partial charge in [0.25, 0.3) is 5.91 Å². The molecule has 1 fully saturated rings. The van der Waals surface area contributed by atoms with Crippen LogP contribution in [0.3, 0.4) is 0 Å². The quantitative estimate of drug-likeness (QED) is 0.584. The second-order valence-corrected chi connectivity index (χ2v) is 9.30. The third-order valence-corrected chi connectivity index (χ3v) is 6.66. The Labute approximate surface area is 199 Å². The monoisotopic (exact) mass is 501 g/mol. The lowest BCUT2D eigenvalue weighted by Crippen LogP contribution is -2.44. The van der Waals surface area contributed by atoms with Crippen LogP contribution >= 0.6 is 15.9 Å². The van der Waals surface area contributed by atoms with Crippen molar-refractivity contribution in [2.24, 2.45) is 5.92 Å². The zero-order chi connectivity index (χ0) is 23.1. The summed E-state index contributed by atoms with van der Waals surface area (Å²) in [5.74, 6) is 0.757. The van der Waals surface area contributed by atoms with Crippen LogP contribution in [0.25, 0.3) is 0 Å². The highest BCUT2D eigenvalue weighted by molar-refractivity contribution is 9.10. The highest BCUT2D eigenvalue weighted by atomic mass is 79.9. The van der Waals surface area contributed by atoms with Gasteiger partial charge in [0.05, 0.1) is 12.8 Å². The number of likely N-dealkylation sites (tertiary alicyclic amines) is 1. The standard InChI is InChI=1S/C25H32BrN3O3/c1-18(2)28-14-12-19(13-15-28)16-27-24(30)17-29(23-7-5-4-6-22(23)26)25(31)20-8-10-21(32-3)11-9-20/h4-11,18-19H,12-17H2,1-3H3,(H,27,30). The number of amides is 2. The van der Waals surface area contributed by atoms with Gasteiger partial charge in [0, 0.05) is 22.6 Å². The average molecular weight is 502 g/mol. The molecule has 0 spiro atoms. The van der Waals surface area contributed by atoms with Gasteiger partial charge in [0.2, 0.25) is 5.91 Å². The Hall–Kier alpha value is -2.38. The number of halogens is 1. The minimum atomic E-state index is -0.236. The lowest BCUT2D eigenvalue weighted by atomic mass is 9.96. The maximum atomic E-state index is 13.3. The van der Waals surface area contributed by atoms with Crippen molar-refractivity contribution in [1.82, 2.24) is 10.2 Å². The SMILES string of the molecule is COc1ccc(C(=O)N(CC(=O)NCC2CCN(C(C)C)CC2)c2ccccc2Br)cc1. The number of piperidine rings is 1. The molecule has 0 radical (unpaired) electrons. The second-order valence-electron chi connectivity index (χ2n) is 8.45. The molecule has 1 N–H and O–H groups in total. The van der Waals surface area contributed by atoms with Gasteiger partial charge in [-0.05, 0) is 98.0 Å². The Morgan fingerprint density at radius 3 is 2.38 bits per heavy atom. The minimum absolute atomic E-state index is 0.0433. The summed E-state index contributed by atoms with van der Waals surface area (Å²) in [6, 6.07) is 14.9. The number of nitrogens with one attached hydrogen (secondary N) is 1. The largest absolute Gasteiger partial charge is 0.497 e. The van der Waals surface area contributed by atoms with Gasteiger partial charge in [-0.1, -0.05) is 12.1 Å². The number of benzene rings is 2. The van der Waals surface area contributed by atoms with E-state index in [0.29, 0.717) is 35.5 Å². The van der Waals surface area contributed by atoms with Gasteiger partial charge in [0.15, 0.2) is 0 Å². The summed E-state index contributed by atoms with van der Waals surface area (Å²) in [7, 11) is 1.58. The highest BCUT2D eigenvalue weighted by Crippen LogP contribution is 2.27. The van der Waals surface area contributed by atoms with Crippen LogP contribution in [-0.2, 0) is 4.79 Å². The van der Waals surface area contributed by atoms with Crippen molar-refractivity contribution in [1.29, 1.82) is 0 Å². The van der Waals surface area contributed by atoms with Crippen molar-refractivity contribution in [2.75, 3.05) is 38.2 Å². The van der Waals surface area contributed by atoms with E-state index in [1.807, 2.05) is 24.3 Å². The van der Waals surface area contributed by atoms with E-state index < -0.39 is 0 Å². The molecule has 1 heterocycles. The van der Waals surface area contributed by atoms with Gasteiger partial charge in [0.1, 0.15) is 12.3 Å². The molecule has 2 aromatic rings. The maximum Gasteiger partial charge on any atom is 0.258 e. The summed E-state index contributed by atoms with van der Waals surface area (Å²) in [6.07, 6.45) is 2.16. The lowest BCUT2D eigenvalue weighted by Gasteiger charge is -2.34. The van der Waals surface area contributed by atoms with Gasteiger partial charge in [-0.15, -0.1) is 0 Å². The number of hydrogen-bond acceptors (Lipinski definition) is 4. The molecule has 0 aliphatic carbocycles. The average Bonchev–Trinajstić information content (AvgIpc) is 2.81. The van der Waals surface area contributed by atoms with E-state index in [4.69, 9.17) is 4.74 Å². The minimum Gasteiger partial charge on any atom is -0.497 e. The molecule has 1 aliphatic rings. The molecule has 0 saturated carbocycles. The number of ether oxygens (including phenoxy) is 1. The predicted molar refractivity (Wildman–Crippen MR) is 131 cm³/mol. The fourth-order valence-corrected chi connectivity index (χ4v) is 4.46.